The molecular formula is C60H72O2. The second kappa shape index (κ2) is 15.3. The van der Waals surface area contributed by atoms with Gasteiger partial charge in [-0.05, 0) is 107 Å². The third-order valence-corrected chi connectivity index (χ3v) is 12.5. The van der Waals surface area contributed by atoms with Gasteiger partial charge >= 0.3 is 0 Å². The summed E-state index contributed by atoms with van der Waals surface area (Å²) in [5.41, 5.74) is 17.5. The fraction of sp³-hybridized carbons (Fsp3) is 0.400. The van der Waals surface area contributed by atoms with Crippen LogP contribution in [0.2, 0.25) is 0 Å². The van der Waals surface area contributed by atoms with E-state index in [4.69, 9.17) is 8.83 Å². The quantitative estimate of drug-likeness (QED) is 0.174. The number of furan rings is 2. The molecule has 0 bridgehead atoms. The molecule has 0 aliphatic heterocycles. The van der Waals surface area contributed by atoms with Crippen LogP contribution in [0.4, 0.5) is 0 Å². The van der Waals surface area contributed by atoms with Gasteiger partial charge < -0.3 is 8.83 Å². The minimum absolute atomic E-state index is 0.0267. The van der Waals surface area contributed by atoms with E-state index in [0.717, 1.165) is 22.3 Å². The molecule has 0 atom stereocenters. The molecule has 8 aromatic rings. The number of fused-ring (bicyclic) bond motifs is 6. The summed E-state index contributed by atoms with van der Waals surface area (Å²) in [5, 5.41) is 4.84. The minimum atomic E-state index is -0.0532. The Morgan fingerprint density at radius 2 is 0.694 bits per heavy atom. The molecule has 2 nitrogen and oxygen atoms in total. The van der Waals surface area contributed by atoms with Gasteiger partial charge in [-0.2, -0.15) is 0 Å². The van der Waals surface area contributed by atoms with Crippen molar-refractivity contribution in [2.75, 3.05) is 0 Å². The van der Waals surface area contributed by atoms with Gasteiger partial charge in [0.25, 0.3) is 0 Å². The van der Waals surface area contributed by atoms with Crippen LogP contribution in [0.5, 0.6) is 0 Å². The number of hydrogen-bond acceptors (Lipinski definition) is 2. The Morgan fingerprint density at radius 3 is 1.13 bits per heavy atom. The van der Waals surface area contributed by atoms with Gasteiger partial charge in [-0.25, -0.2) is 0 Å². The normalized spacial score (nSPS) is 13.3. The summed E-state index contributed by atoms with van der Waals surface area (Å²) in [6.45, 7) is 41.4. The van der Waals surface area contributed by atoms with Crippen molar-refractivity contribution in [2.45, 2.75) is 157 Å². The Labute approximate surface area is 373 Å². The van der Waals surface area contributed by atoms with E-state index >= 15 is 0 Å². The van der Waals surface area contributed by atoms with Crippen LogP contribution in [0.3, 0.4) is 0 Å². The summed E-state index contributed by atoms with van der Waals surface area (Å²) in [6.07, 6.45) is 0. The smallest absolute Gasteiger partial charge is 0.139 e. The van der Waals surface area contributed by atoms with Gasteiger partial charge in [0.05, 0.1) is 0 Å². The molecule has 8 rings (SSSR count). The van der Waals surface area contributed by atoms with Gasteiger partial charge in [0, 0.05) is 27.1 Å². The highest BCUT2D eigenvalue weighted by Crippen LogP contribution is 2.46. The van der Waals surface area contributed by atoms with E-state index in [1.165, 1.54) is 77.2 Å². The Hall–Kier alpha value is -5.08. The first kappa shape index (κ1) is 45.0. The first-order valence-electron chi connectivity index (χ1n) is 22.8. The molecule has 0 radical (unpaired) electrons. The average molecular weight is 825 g/mol. The van der Waals surface area contributed by atoms with E-state index in [0.29, 0.717) is 0 Å². The summed E-state index contributed by atoms with van der Waals surface area (Å²) < 4.78 is 12.7. The molecule has 0 aliphatic rings. The number of hydrogen-bond donors (Lipinski definition) is 0. The van der Waals surface area contributed by atoms with Crippen LogP contribution >= 0.6 is 0 Å². The molecule has 0 N–H and O–H groups in total. The lowest BCUT2D eigenvalue weighted by Gasteiger charge is -2.28. The lowest BCUT2D eigenvalue weighted by atomic mass is 9.75. The van der Waals surface area contributed by atoms with Gasteiger partial charge in [0.1, 0.15) is 22.3 Å². The van der Waals surface area contributed by atoms with E-state index in [9.17, 15) is 0 Å². The van der Waals surface area contributed by atoms with Gasteiger partial charge in [-0.1, -0.05) is 210 Å². The molecule has 324 valence electrons. The second-order valence-corrected chi connectivity index (χ2v) is 24.0. The summed E-state index contributed by atoms with van der Waals surface area (Å²) in [5.74, 6) is 0. The van der Waals surface area contributed by atoms with Gasteiger partial charge in [-0.15, -0.1) is 0 Å². The third kappa shape index (κ3) is 8.77. The fourth-order valence-corrected chi connectivity index (χ4v) is 8.91. The second-order valence-electron chi connectivity index (χ2n) is 24.0. The number of para-hydroxylation sites is 2. The molecule has 6 aromatic carbocycles. The van der Waals surface area contributed by atoms with Crippen molar-refractivity contribution in [3.05, 3.63) is 143 Å². The Balaban J connectivity index is 0.000000186. The zero-order chi connectivity index (χ0) is 45.5. The van der Waals surface area contributed by atoms with E-state index in [2.05, 4.69) is 222 Å². The summed E-state index contributed by atoms with van der Waals surface area (Å²) in [6, 6.07) is 40.1. The molecule has 62 heavy (non-hydrogen) atoms. The van der Waals surface area contributed by atoms with Crippen molar-refractivity contribution in [1.29, 1.82) is 0 Å². The van der Waals surface area contributed by atoms with Crippen molar-refractivity contribution in [2.24, 2.45) is 0 Å². The third-order valence-electron chi connectivity index (χ3n) is 12.5. The van der Waals surface area contributed by atoms with E-state index in [1.54, 1.807) is 0 Å². The molecule has 2 heterocycles. The van der Waals surface area contributed by atoms with Gasteiger partial charge in [0.2, 0.25) is 0 Å². The maximum absolute atomic E-state index is 6.47. The molecule has 0 saturated carbocycles. The predicted molar refractivity (Wildman–Crippen MR) is 271 cm³/mol. The highest BCUT2D eigenvalue weighted by molar-refractivity contribution is 6.10. The van der Waals surface area contributed by atoms with E-state index in [1.807, 2.05) is 12.1 Å². The molecule has 0 amide bonds. The zero-order valence-electron chi connectivity index (χ0n) is 41.2. The molecule has 0 aliphatic carbocycles. The lowest BCUT2D eigenvalue weighted by molar-refractivity contribution is 0.567. The predicted octanol–water partition coefficient (Wildman–Crippen LogP) is 18.3. The molecule has 0 unspecified atom stereocenters. The van der Waals surface area contributed by atoms with Crippen LogP contribution in [-0.4, -0.2) is 0 Å². The van der Waals surface area contributed by atoms with Crippen molar-refractivity contribution >= 4 is 43.9 Å². The molecule has 0 fully saturated rings. The van der Waals surface area contributed by atoms with Gasteiger partial charge in [-0.3, -0.25) is 0 Å². The summed E-state index contributed by atoms with van der Waals surface area (Å²) in [7, 11) is 0. The first-order chi connectivity index (χ1) is 28.5. The monoisotopic (exact) mass is 825 g/mol. The van der Waals surface area contributed by atoms with Crippen molar-refractivity contribution in [3.63, 3.8) is 0 Å². The van der Waals surface area contributed by atoms with E-state index < -0.39 is 0 Å². The zero-order valence-corrected chi connectivity index (χ0v) is 41.2. The maximum Gasteiger partial charge on any atom is 0.139 e. The van der Waals surface area contributed by atoms with Crippen molar-refractivity contribution in [3.8, 4) is 22.3 Å². The largest absolute Gasteiger partial charge is 0.456 e. The lowest BCUT2D eigenvalue weighted by Crippen LogP contribution is -2.17. The molecule has 0 saturated heterocycles. The Bertz CT molecular complexity index is 2860. The molecule has 0 spiro atoms. The molecular weight excluding hydrogens is 753 g/mol. The number of rotatable bonds is 2. The molecule has 2 heteroatoms. The average Bonchev–Trinajstić information content (AvgIpc) is 3.73. The minimum Gasteiger partial charge on any atom is -0.456 e. The summed E-state index contributed by atoms with van der Waals surface area (Å²) >= 11 is 0. The highest BCUT2D eigenvalue weighted by atomic mass is 16.3. The first-order valence-corrected chi connectivity index (χ1v) is 22.8. The molecule has 2 aromatic heterocycles. The van der Waals surface area contributed by atoms with Crippen LogP contribution in [0.1, 0.15) is 158 Å². The maximum atomic E-state index is 6.47. The highest BCUT2D eigenvalue weighted by Gasteiger charge is 2.29. The fourth-order valence-electron chi connectivity index (χ4n) is 8.91. The van der Waals surface area contributed by atoms with Crippen LogP contribution in [0.15, 0.2) is 118 Å². The van der Waals surface area contributed by atoms with E-state index in [-0.39, 0.29) is 32.5 Å². The van der Waals surface area contributed by atoms with Crippen molar-refractivity contribution in [1.82, 2.24) is 0 Å². The Morgan fingerprint density at radius 1 is 0.306 bits per heavy atom. The van der Waals surface area contributed by atoms with Crippen molar-refractivity contribution < 1.29 is 8.83 Å². The van der Waals surface area contributed by atoms with Crippen LogP contribution in [-0.2, 0) is 32.5 Å². The van der Waals surface area contributed by atoms with Crippen LogP contribution < -0.4 is 0 Å². The number of benzene rings is 6. The van der Waals surface area contributed by atoms with Gasteiger partial charge in [0.15, 0.2) is 0 Å². The van der Waals surface area contributed by atoms with Crippen LogP contribution in [0, 0.1) is 0 Å². The Kier molecular flexibility index (Phi) is 11.1. The summed E-state index contributed by atoms with van der Waals surface area (Å²) in [4.78, 5) is 0. The topological polar surface area (TPSA) is 26.3 Å². The SMILES string of the molecule is CC(C)(C)c1cc(-c2ccc3c(oc4ccccc43)c2C(C)(C)C)cc(C(C)(C)C)c1.CC(C)(C)c1cc(-c2ccc3oc4ccccc4c3c2C(C)(C)C)cc(C(C)(C)C)c1. The van der Waals surface area contributed by atoms with Crippen LogP contribution in [0.25, 0.3) is 66.1 Å². The standard InChI is InChI=1S/2C30H36O/c1-28(2,3)20-16-19(17-21(18-20)29(4,5)6)22-14-15-24-23-12-10-11-13-25(23)31-27(24)26(22)30(7,8)9;1-28(2,3)20-16-19(17-21(18-20)29(4,5)6)22-14-15-25-26(27(22)30(7,8)9)23-12-10-11-13-24(23)31-25/h2*10-18H,1-9H3.